The quantitative estimate of drug-likeness (QED) is 0.332. The van der Waals surface area contributed by atoms with Crippen molar-refractivity contribution in [2.45, 2.75) is 5.00 Å². The van der Waals surface area contributed by atoms with Gasteiger partial charge in [0, 0.05) is 0 Å². The summed E-state index contributed by atoms with van der Waals surface area (Å²) in [6.45, 7) is -0.0241. The largest absolute Gasteiger partial charge is 0.629 e. The fraction of sp³-hybridized carbons (Fsp3) is 0.250. The highest BCUT2D eigenvalue weighted by molar-refractivity contribution is 6.45. The van der Waals surface area contributed by atoms with Crippen molar-refractivity contribution in [2.75, 3.05) is 6.54 Å². The van der Waals surface area contributed by atoms with Crippen LogP contribution in [0.5, 0.6) is 0 Å². The first-order chi connectivity index (χ1) is 6.84. The first-order valence-electron chi connectivity index (χ1n) is 4.03. The van der Waals surface area contributed by atoms with E-state index in [0.717, 1.165) is 0 Å². The van der Waals surface area contributed by atoms with Crippen LogP contribution >= 0.6 is 46.4 Å². The number of rotatable bonds is 0. The summed E-state index contributed by atoms with van der Waals surface area (Å²) in [5.74, 6) is 0. The molecule has 0 saturated heterocycles. The van der Waals surface area contributed by atoms with Gasteiger partial charge in [-0.1, -0.05) is 46.4 Å². The highest BCUT2D eigenvalue weighted by Gasteiger charge is 2.43. The Morgan fingerprint density at radius 3 is 2.53 bits per heavy atom. The number of nitrogens with one attached hydrogen (secondary N) is 1. The van der Waals surface area contributed by atoms with Crippen LogP contribution in [0.2, 0.25) is 15.1 Å². The number of hydrogen-bond donors (Lipinski definition) is 2. The van der Waals surface area contributed by atoms with E-state index in [4.69, 9.17) is 52.1 Å². The molecular formula is C8H6Cl4N2O. The summed E-state index contributed by atoms with van der Waals surface area (Å²) in [5.41, 5.74) is 6.37. The van der Waals surface area contributed by atoms with Crippen molar-refractivity contribution < 1.29 is 5.06 Å². The Hall–Kier alpha value is 0.260. The summed E-state index contributed by atoms with van der Waals surface area (Å²) in [5, 5.41) is 12.1. The molecule has 0 amide bonds. The molecule has 1 heterocycles. The van der Waals surface area contributed by atoms with Gasteiger partial charge in [0.1, 0.15) is 11.6 Å². The van der Waals surface area contributed by atoms with Gasteiger partial charge in [-0.05, 0) is 6.07 Å². The van der Waals surface area contributed by atoms with Crippen molar-refractivity contribution in [3.05, 3.63) is 31.9 Å². The molecule has 2 unspecified atom stereocenters. The molecule has 1 aromatic rings. The molecule has 0 aromatic heterocycles. The Balaban J connectivity index is 2.78. The minimum Gasteiger partial charge on any atom is -0.629 e. The standard InChI is InChI=1S/C8H6Cl4N2O/c9-3-1-4(10)6(11)7-5(3)8(12,13)2-14(7)15/h1,14H,2,13H2. The molecule has 0 fully saturated rings. The van der Waals surface area contributed by atoms with Crippen molar-refractivity contribution in [2.24, 2.45) is 5.73 Å². The zero-order chi connectivity index (χ0) is 11.4. The second-order valence-corrected chi connectivity index (χ2v) is 5.23. The molecule has 82 valence electrons. The minimum atomic E-state index is -1.28. The molecule has 0 saturated carbocycles. The number of fused-ring (bicyclic) bond motifs is 1. The normalized spacial score (nSPS) is 29.3. The average Bonchev–Trinajstić information content (AvgIpc) is 2.32. The van der Waals surface area contributed by atoms with Crippen LogP contribution in [0, 0.1) is 5.21 Å². The van der Waals surface area contributed by atoms with Crippen molar-refractivity contribution in [3.8, 4) is 0 Å². The van der Waals surface area contributed by atoms with Gasteiger partial charge in [0.15, 0.2) is 10.7 Å². The third-order valence-electron chi connectivity index (χ3n) is 2.28. The van der Waals surface area contributed by atoms with Gasteiger partial charge in [0.05, 0.1) is 15.6 Å². The highest BCUT2D eigenvalue weighted by atomic mass is 35.5. The monoisotopic (exact) mass is 286 g/mol. The molecule has 7 heteroatoms. The Kier molecular flexibility index (Phi) is 2.84. The van der Waals surface area contributed by atoms with Crippen LogP contribution in [0.25, 0.3) is 0 Å². The lowest BCUT2D eigenvalue weighted by molar-refractivity contribution is -0.771. The molecule has 1 aromatic carbocycles. The number of halogens is 4. The van der Waals surface area contributed by atoms with Crippen molar-refractivity contribution in [3.63, 3.8) is 0 Å². The van der Waals surface area contributed by atoms with Crippen molar-refractivity contribution in [1.29, 1.82) is 0 Å². The number of hydrogen-bond acceptors (Lipinski definition) is 2. The second kappa shape index (κ2) is 3.64. The van der Waals surface area contributed by atoms with E-state index in [1.807, 2.05) is 0 Å². The summed E-state index contributed by atoms with van der Waals surface area (Å²) >= 11 is 23.6. The maximum absolute atomic E-state index is 11.6. The molecule has 0 spiro atoms. The number of nitrogens with two attached hydrogens (primary N) is 1. The third-order valence-corrected chi connectivity index (χ3v) is 3.69. The topological polar surface area (TPSA) is 53.5 Å². The number of quaternary nitrogens is 1. The first kappa shape index (κ1) is 11.7. The lowest BCUT2D eigenvalue weighted by Crippen LogP contribution is -3.01. The third kappa shape index (κ3) is 1.72. The fourth-order valence-corrected chi connectivity index (χ4v) is 2.93. The van der Waals surface area contributed by atoms with Crippen LogP contribution in [0.15, 0.2) is 6.07 Å². The number of benzene rings is 1. The predicted octanol–water partition coefficient (Wildman–Crippen LogP) is 2.02. The Morgan fingerprint density at radius 2 is 1.93 bits per heavy atom. The molecule has 1 aliphatic rings. The van der Waals surface area contributed by atoms with Gasteiger partial charge < -0.3 is 16.0 Å². The van der Waals surface area contributed by atoms with Gasteiger partial charge in [-0.3, -0.25) is 0 Å². The average molecular weight is 288 g/mol. The maximum atomic E-state index is 11.6. The Morgan fingerprint density at radius 1 is 1.33 bits per heavy atom. The molecule has 3 nitrogen and oxygen atoms in total. The molecule has 0 radical (unpaired) electrons. The van der Waals surface area contributed by atoms with Gasteiger partial charge >= 0.3 is 0 Å². The Bertz CT molecular complexity index is 435. The molecule has 3 N–H and O–H groups in total. The summed E-state index contributed by atoms with van der Waals surface area (Å²) in [4.78, 5) is -1.28. The van der Waals surface area contributed by atoms with Crippen LogP contribution in [-0.2, 0) is 5.00 Å². The molecule has 0 bridgehead atoms. The lowest BCUT2D eigenvalue weighted by atomic mass is 10.1. The van der Waals surface area contributed by atoms with Crippen LogP contribution in [0.3, 0.4) is 0 Å². The summed E-state index contributed by atoms with van der Waals surface area (Å²) < 4.78 is 0. The zero-order valence-electron chi connectivity index (χ0n) is 7.28. The van der Waals surface area contributed by atoms with Gasteiger partial charge in [-0.25, -0.2) is 0 Å². The van der Waals surface area contributed by atoms with E-state index < -0.39 is 5.00 Å². The van der Waals surface area contributed by atoms with Crippen LogP contribution < -0.4 is 10.8 Å². The summed E-state index contributed by atoms with van der Waals surface area (Å²) in [7, 11) is 0. The minimum absolute atomic E-state index is 0.0241. The molecule has 2 atom stereocenters. The Labute approximate surface area is 106 Å². The first-order valence-corrected chi connectivity index (χ1v) is 5.55. The van der Waals surface area contributed by atoms with Crippen molar-refractivity contribution in [1.82, 2.24) is 0 Å². The zero-order valence-corrected chi connectivity index (χ0v) is 10.3. The second-order valence-electron chi connectivity index (χ2n) is 3.37. The van der Waals surface area contributed by atoms with Gasteiger partial charge in [0.2, 0.25) is 0 Å². The smallest absolute Gasteiger partial charge is 0.174 e. The van der Waals surface area contributed by atoms with Crippen LogP contribution in [-0.4, -0.2) is 6.54 Å². The molecule has 1 aliphatic heterocycles. The molecular weight excluding hydrogens is 282 g/mol. The summed E-state index contributed by atoms with van der Waals surface area (Å²) in [6.07, 6.45) is 0. The van der Waals surface area contributed by atoms with Gasteiger partial charge in [-0.2, -0.15) is 0 Å². The van der Waals surface area contributed by atoms with E-state index in [1.54, 1.807) is 0 Å². The maximum Gasteiger partial charge on any atom is 0.174 e. The van der Waals surface area contributed by atoms with Gasteiger partial charge in [0.25, 0.3) is 0 Å². The van der Waals surface area contributed by atoms with E-state index in [-0.39, 0.29) is 32.4 Å². The van der Waals surface area contributed by atoms with Crippen LogP contribution in [0.4, 0.5) is 5.69 Å². The lowest BCUT2D eigenvalue weighted by Gasteiger charge is -2.17. The highest BCUT2D eigenvalue weighted by Crippen LogP contribution is 2.44. The van der Waals surface area contributed by atoms with E-state index in [1.165, 1.54) is 6.07 Å². The van der Waals surface area contributed by atoms with Crippen LogP contribution in [0.1, 0.15) is 5.56 Å². The molecule has 0 aliphatic carbocycles. The van der Waals surface area contributed by atoms with E-state index >= 15 is 0 Å². The number of hydroxylamine groups is 1. The predicted molar refractivity (Wildman–Crippen MR) is 62.0 cm³/mol. The SMILES string of the molecule is NC1(Cl)C[NH+]([O-])c2c(Cl)c(Cl)cc(Cl)c21. The number of alkyl halides is 1. The van der Waals surface area contributed by atoms with E-state index in [0.29, 0.717) is 5.56 Å². The molecule has 2 rings (SSSR count). The summed E-state index contributed by atoms with van der Waals surface area (Å²) in [6, 6.07) is 1.44. The van der Waals surface area contributed by atoms with E-state index in [9.17, 15) is 5.21 Å². The fourth-order valence-electron chi connectivity index (χ4n) is 1.67. The van der Waals surface area contributed by atoms with E-state index in [2.05, 4.69) is 0 Å². The molecule has 15 heavy (non-hydrogen) atoms. The van der Waals surface area contributed by atoms with Crippen molar-refractivity contribution >= 4 is 52.1 Å². The van der Waals surface area contributed by atoms with Gasteiger partial charge in [-0.15, -0.1) is 0 Å².